The molecule has 0 bridgehead atoms. The van der Waals surface area contributed by atoms with Crippen LogP contribution in [0.25, 0.3) is 0 Å². The Morgan fingerprint density at radius 2 is 1.82 bits per heavy atom. The van der Waals surface area contributed by atoms with E-state index in [0.29, 0.717) is 12.2 Å². The maximum absolute atomic E-state index is 10.8. The lowest BCUT2D eigenvalue weighted by Crippen LogP contribution is -2.18. The highest BCUT2D eigenvalue weighted by molar-refractivity contribution is 5.88. The van der Waals surface area contributed by atoms with E-state index in [9.17, 15) is 9.59 Å². The highest BCUT2D eigenvalue weighted by Gasteiger charge is 2.14. The minimum absolute atomic E-state index is 0.257. The lowest BCUT2D eigenvalue weighted by atomic mass is 10.2. The van der Waals surface area contributed by atoms with Crippen LogP contribution in [0.5, 0.6) is 0 Å². The summed E-state index contributed by atoms with van der Waals surface area (Å²) in [6.45, 7) is 10.9. The number of rotatable bonds is 5. The lowest BCUT2D eigenvalue weighted by Gasteiger charge is -2.11. The van der Waals surface area contributed by atoms with Gasteiger partial charge in [0.15, 0.2) is 0 Å². The first kappa shape index (κ1) is 17.8. The Hall–Kier alpha value is -1.62. The van der Waals surface area contributed by atoms with Crippen molar-refractivity contribution < 1.29 is 23.8 Å². The molecule has 0 aliphatic rings. The monoisotopic (exact) mass is 244 g/mol. The molecule has 17 heavy (non-hydrogen) atoms. The van der Waals surface area contributed by atoms with E-state index in [0.717, 1.165) is 6.08 Å². The minimum Gasteiger partial charge on any atom is -0.466 e. The maximum Gasteiger partial charge on any atom is 0.335 e. The second-order valence-corrected chi connectivity index (χ2v) is 2.84. The summed E-state index contributed by atoms with van der Waals surface area (Å²) < 4.78 is 13.7. The van der Waals surface area contributed by atoms with Crippen molar-refractivity contribution in [3.8, 4) is 0 Å². The summed E-state index contributed by atoms with van der Waals surface area (Å²) in [5.74, 6) is -0.805. The van der Waals surface area contributed by atoms with Gasteiger partial charge in [0.25, 0.3) is 0 Å². The molecule has 0 aliphatic heterocycles. The smallest absolute Gasteiger partial charge is 0.335 e. The Bertz CT molecular complexity index is 270. The van der Waals surface area contributed by atoms with Gasteiger partial charge in [-0.15, -0.1) is 0 Å². The molecule has 1 atom stereocenters. The van der Waals surface area contributed by atoms with Gasteiger partial charge in [-0.1, -0.05) is 13.2 Å². The van der Waals surface area contributed by atoms with Crippen molar-refractivity contribution in [2.75, 3.05) is 20.8 Å². The van der Waals surface area contributed by atoms with Gasteiger partial charge in [-0.05, 0) is 13.8 Å². The van der Waals surface area contributed by atoms with E-state index in [2.05, 4.69) is 22.6 Å². The van der Waals surface area contributed by atoms with Crippen LogP contribution in [-0.4, -0.2) is 38.9 Å². The molecule has 0 radical (unpaired) electrons. The zero-order chi connectivity index (χ0) is 13.8. The molecule has 0 aromatic carbocycles. The summed E-state index contributed by atoms with van der Waals surface area (Å²) in [4.78, 5) is 20.7. The molecular weight excluding hydrogens is 224 g/mol. The highest BCUT2D eigenvalue weighted by Crippen LogP contribution is 2.04. The molecule has 0 saturated carbocycles. The standard InChI is InChI=1S/C8H14O3.C4H6O2/c1-5-11-7(3)6(2)8(9)10-4;1-3-4(5)6-2/h7H,2,5H2,1,3-4H3;3H,1H2,2H3. The fourth-order valence-corrected chi connectivity index (χ4v) is 0.731. The van der Waals surface area contributed by atoms with Crippen molar-refractivity contribution in [3.63, 3.8) is 0 Å². The highest BCUT2D eigenvalue weighted by atomic mass is 16.5. The van der Waals surface area contributed by atoms with Crippen molar-refractivity contribution in [1.82, 2.24) is 0 Å². The normalized spacial score (nSPS) is 10.4. The predicted octanol–water partition coefficient (Wildman–Crippen LogP) is 1.49. The quantitative estimate of drug-likeness (QED) is 0.541. The van der Waals surface area contributed by atoms with Crippen molar-refractivity contribution in [2.24, 2.45) is 0 Å². The van der Waals surface area contributed by atoms with Crippen molar-refractivity contribution in [1.29, 1.82) is 0 Å². The van der Waals surface area contributed by atoms with Crippen LogP contribution in [0.2, 0.25) is 0 Å². The van der Waals surface area contributed by atoms with Gasteiger partial charge in [0, 0.05) is 12.7 Å². The SMILES string of the molecule is C=C(C(=O)OC)C(C)OCC.C=CC(=O)OC. The van der Waals surface area contributed by atoms with Gasteiger partial charge < -0.3 is 14.2 Å². The van der Waals surface area contributed by atoms with Gasteiger partial charge in [-0.2, -0.15) is 0 Å². The van der Waals surface area contributed by atoms with Gasteiger partial charge in [0.05, 0.1) is 25.9 Å². The van der Waals surface area contributed by atoms with Crippen LogP contribution in [0, 0.1) is 0 Å². The molecule has 0 fully saturated rings. The number of hydrogen-bond acceptors (Lipinski definition) is 5. The van der Waals surface area contributed by atoms with Crippen molar-refractivity contribution in [2.45, 2.75) is 20.0 Å². The summed E-state index contributed by atoms with van der Waals surface area (Å²) in [6.07, 6.45) is 0.854. The molecule has 5 nitrogen and oxygen atoms in total. The van der Waals surface area contributed by atoms with E-state index in [1.165, 1.54) is 14.2 Å². The zero-order valence-electron chi connectivity index (χ0n) is 10.8. The molecule has 0 saturated heterocycles. The van der Waals surface area contributed by atoms with E-state index < -0.39 is 11.9 Å². The summed E-state index contributed by atoms with van der Waals surface area (Å²) in [5.41, 5.74) is 0.356. The second kappa shape index (κ2) is 10.9. The molecule has 0 aromatic heterocycles. The fraction of sp³-hybridized carbons (Fsp3) is 0.500. The predicted molar refractivity (Wildman–Crippen MR) is 64.5 cm³/mol. The first-order valence-electron chi connectivity index (χ1n) is 5.03. The Labute approximate surface area is 102 Å². The van der Waals surface area contributed by atoms with E-state index >= 15 is 0 Å². The zero-order valence-corrected chi connectivity index (χ0v) is 10.8. The number of carbonyl (C=O) groups excluding carboxylic acids is 2. The van der Waals surface area contributed by atoms with Crippen LogP contribution >= 0.6 is 0 Å². The molecular formula is C12H20O5. The van der Waals surface area contributed by atoms with Crippen molar-refractivity contribution in [3.05, 3.63) is 24.8 Å². The van der Waals surface area contributed by atoms with E-state index in [4.69, 9.17) is 4.74 Å². The number of hydrogen-bond donors (Lipinski definition) is 0. The molecule has 0 heterocycles. The van der Waals surface area contributed by atoms with Gasteiger partial charge in [0.2, 0.25) is 0 Å². The molecule has 0 aromatic rings. The molecule has 0 aliphatic carbocycles. The van der Waals surface area contributed by atoms with Gasteiger partial charge in [0.1, 0.15) is 0 Å². The van der Waals surface area contributed by atoms with E-state index in [-0.39, 0.29) is 6.10 Å². The first-order valence-corrected chi connectivity index (χ1v) is 5.03. The maximum atomic E-state index is 10.8. The van der Waals surface area contributed by atoms with Crippen LogP contribution in [0.1, 0.15) is 13.8 Å². The second-order valence-electron chi connectivity index (χ2n) is 2.84. The lowest BCUT2D eigenvalue weighted by molar-refractivity contribution is -0.137. The third kappa shape index (κ3) is 9.32. The van der Waals surface area contributed by atoms with E-state index in [1.54, 1.807) is 6.92 Å². The number of methoxy groups -OCH3 is 2. The Morgan fingerprint density at radius 3 is 2.06 bits per heavy atom. The van der Waals surface area contributed by atoms with E-state index in [1.807, 2.05) is 6.92 Å². The molecule has 1 unspecified atom stereocenters. The van der Waals surface area contributed by atoms with Crippen molar-refractivity contribution >= 4 is 11.9 Å². The number of esters is 2. The van der Waals surface area contributed by atoms with Gasteiger partial charge >= 0.3 is 11.9 Å². The van der Waals surface area contributed by atoms with Gasteiger partial charge in [-0.3, -0.25) is 0 Å². The Kier molecular flexibility index (Phi) is 11.4. The molecule has 0 N–H and O–H groups in total. The minimum atomic E-state index is -0.411. The summed E-state index contributed by atoms with van der Waals surface area (Å²) in [7, 11) is 2.64. The Morgan fingerprint density at radius 1 is 1.29 bits per heavy atom. The van der Waals surface area contributed by atoms with Crippen LogP contribution in [-0.2, 0) is 23.8 Å². The van der Waals surface area contributed by atoms with Crippen LogP contribution in [0.3, 0.4) is 0 Å². The molecule has 0 amide bonds. The largest absolute Gasteiger partial charge is 0.466 e. The molecule has 5 heteroatoms. The average molecular weight is 244 g/mol. The van der Waals surface area contributed by atoms with Crippen LogP contribution in [0.4, 0.5) is 0 Å². The summed E-state index contributed by atoms with van der Waals surface area (Å²) in [6, 6.07) is 0. The summed E-state index contributed by atoms with van der Waals surface area (Å²) >= 11 is 0. The number of ether oxygens (including phenoxy) is 3. The number of carbonyl (C=O) groups is 2. The molecule has 0 spiro atoms. The van der Waals surface area contributed by atoms with Crippen LogP contribution < -0.4 is 0 Å². The fourth-order valence-electron chi connectivity index (χ4n) is 0.731. The van der Waals surface area contributed by atoms with Gasteiger partial charge in [-0.25, -0.2) is 9.59 Å². The molecule has 0 rings (SSSR count). The summed E-state index contributed by atoms with van der Waals surface area (Å²) in [5, 5.41) is 0. The topological polar surface area (TPSA) is 61.8 Å². The average Bonchev–Trinajstić information content (AvgIpc) is 2.36. The van der Waals surface area contributed by atoms with Crippen LogP contribution in [0.15, 0.2) is 24.8 Å². The molecule has 98 valence electrons. The third-order valence-corrected chi connectivity index (χ3v) is 1.72. The first-order chi connectivity index (χ1) is 7.94. The third-order valence-electron chi connectivity index (χ3n) is 1.72. The Balaban J connectivity index is 0.